The van der Waals surface area contributed by atoms with E-state index in [9.17, 15) is 14.4 Å². The van der Waals surface area contributed by atoms with Gasteiger partial charge in [-0.15, -0.1) is 0 Å². The third kappa shape index (κ3) is 12.7. The fraction of sp³-hybridized carbons (Fsp3) is 0.722. The number of hydrogen-bond acceptors (Lipinski definition) is 3. The molecule has 0 saturated heterocycles. The Bertz CT molecular complexity index is 429. The molecule has 0 amide bonds. The van der Waals surface area contributed by atoms with Crippen LogP contribution in [0.15, 0.2) is 11.1 Å². The predicted octanol–water partition coefficient (Wildman–Crippen LogP) is 4.24. The summed E-state index contributed by atoms with van der Waals surface area (Å²) in [5, 5.41) is 26.7. The van der Waals surface area contributed by atoms with Crippen LogP contribution in [0.3, 0.4) is 0 Å². The van der Waals surface area contributed by atoms with E-state index in [2.05, 4.69) is 6.92 Å². The minimum absolute atomic E-state index is 0. The minimum Gasteiger partial charge on any atom is -0.478 e. The largest absolute Gasteiger partial charge is 2.00 e. The van der Waals surface area contributed by atoms with Gasteiger partial charge in [-0.1, -0.05) is 71.1 Å². The van der Waals surface area contributed by atoms with Crippen LogP contribution in [0.2, 0.25) is 0 Å². The molecular weight excluding hydrogens is 378 g/mol. The Balaban J connectivity index is 0. The van der Waals surface area contributed by atoms with E-state index >= 15 is 0 Å². The molecule has 0 heterocycles. The Kier molecular flexibility index (Phi) is 16.9. The summed E-state index contributed by atoms with van der Waals surface area (Å²) in [6, 6.07) is 0. The zero-order chi connectivity index (χ0) is 18.4. The molecule has 0 atom stereocenters. The molecule has 0 saturated carbocycles. The van der Waals surface area contributed by atoms with Gasteiger partial charge >= 0.3 is 37.4 Å². The van der Waals surface area contributed by atoms with Crippen molar-refractivity contribution in [2.45, 2.75) is 84.0 Å². The molecule has 0 aliphatic carbocycles. The van der Waals surface area contributed by atoms with Gasteiger partial charge in [0.1, 0.15) is 0 Å². The molecule has 0 fully saturated rings. The second-order valence-corrected chi connectivity index (χ2v) is 6.05. The Morgan fingerprint density at radius 3 is 1.28 bits per heavy atom. The Hall–Kier alpha value is -1.23. The normalized spacial score (nSPS) is 9.96. The summed E-state index contributed by atoms with van der Waals surface area (Å²) >= 11 is 0. The second-order valence-electron chi connectivity index (χ2n) is 6.05. The molecule has 7 heteroatoms. The first-order valence-electron chi connectivity index (χ1n) is 8.84. The molecule has 0 aromatic carbocycles. The Morgan fingerprint density at radius 2 is 0.960 bits per heavy atom. The maximum atomic E-state index is 11.1. The van der Waals surface area contributed by atoms with Gasteiger partial charge in [0.05, 0.1) is 5.57 Å². The number of carbonyl (C=O) groups is 3. The van der Waals surface area contributed by atoms with Crippen LogP contribution in [-0.2, 0) is 33.9 Å². The molecule has 138 valence electrons. The molecule has 0 unspecified atom stereocenters. The van der Waals surface area contributed by atoms with E-state index in [4.69, 9.17) is 15.3 Å². The molecule has 0 rings (SSSR count). The predicted molar refractivity (Wildman–Crippen MR) is 91.0 cm³/mol. The van der Waals surface area contributed by atoms with Gasteiger partial charge in [-0.25, -0.2) is 14.4 Å². The summed E-state index contributed by atoms with van der Waals surface area (Å²) < 4.78 is 0. The summed E-state index contributed by atoms with van der Waals surface area (Å²) in [6.07, 6.45) is 12.0. The van der Waals surface area contributed by atoms with Gasteiger partial charge in [0.25, 0.3) is 0 Å². The second kappa shape index (κ2) is 16.3. The van der Waals surface area contributed by atoms with Crippen molar-refractivity contribution in [1.82, 2.24) is 0 Å². The standard InChI is InChI=1S/C18H30O6.Zn/c1-2-3-4-5-6-7-8-9-10-11-12-13-14(16(19)20)15(17(21)22)18(23)24;/h2-13H2,1H3,(H,19,20)(H,21,22)(H,23,24);/q;+2. The van der Waals surface area contributed by atoms with Crippen LogP contribution < -0.4 is 0 Å². The van der Waals surface area contributed by atoms with Gasteiger partial charge in [-0.3, -0.25) is 0 Å². The molecule has 0 aliphatic heterocycles. The van der Waals surface area contributed by atoms with Gasteiger partial charge < -0.3 is 15.3 Å². The zero-order valence-corrected chi connectivity index (χ0v) is 18.2. The average molecular weight is 408 g/mol. The van der Waals surface area contributed by atoms with Crippen LogP contribution in [0.1, 0.15) is 84.0 Å². The Morgan fingerprint density at radius 1 is 0.600 bits per heavy atom. The topological polar surface area (TPSA) is 112 Å². The molecule has 3 N–H and O–H groups in total. The quantitative estimate of drug-likeness (QED) is 0.123. The maximum Gasteiger partial charge on any atom is 2.00 e. The fourth-order valence-electron chi connectivity index (χ4n) is 2.65. The van der Waals surface area contributed by atoms with Gasteiger partial charge in [0, 0.05) is 0 Å². The summed E-state index contributed by atoms with van der Waals surface area (Å²) in [5.74, 6) is -4.88. The van der Waals surface area contributed by atoms with Crippen molar-refractivity contribution >= 4 is 17.9 Å². The number of unbranched alkanes of at least 4 members (excludes halogenated alkanes) is 10. The summed E-state index contributed by atoms with van der Waals surface area (Å²) in [5.41, 5.74) is -1.56. The van der Waals surface area contributed by atoms with Crippen LogP contribution in [0.5, 0.6) is 0 Å². The van der Waals surface area contributed by atoms with E-state index < -0.39 is 29.1 Å². The average Bonchev–Trinajstić information content (AvgIpc) is 2.50. The fourth-order valence-corrected chi connectivity index (χ4v) is 2.65. The van der Waals surface area contributed by atoms with Gasteiger partial charge in [0.15, 0.2) is 5.57 Å². The SMILES string of the molecule is CCCCCCCCCCCCCC(C(=O)O)=C(C(=O)O)C(=O)O.[Zn+2]. The van der Waals surface area contributed by atoms with E-state index in [1.165, 1.54) is 38.5 Å². The van der Waals surface area contributed by atoms with E-state index in [-0.39, 0.29) is 25.9 Å². The number of aliphatic carboxylic acids is 3. The third-order valence-electron chi connectivity index (χ3n) is 4.02. The van der Waals surface area contributed by atoms with E-state index in [1.807, 2.05) is 0 Å². The molecule has 0 aromatic rings. The van der Waals surface area contributed by atoms with Crippen LogP contribution in [0.4, 0.5) is 0 Å². The zero-order valence-electron chi connectivity index (χ0n) is 15.3. The monoisotopic (exact) mass is 406 g/mol. The summed E-state index contributed by atoms with van der Waals surface area (Å²) in [4.78, 5) is 32.9. The first kappa shape index (κ1) is 26.0. The van der Waals surface area contributed by atoms with Gasteiger partial charge in [-0.2, -0.15) is 0 Å². The maximum absolute atomic E-state index is 11.1. The molecule has 6 nitrogen and oxygen atoms in total. The van der Waals surface area contributed by atoms with Crippen molar-refractivity contribution in [1.29, 1.82) is 0 Å². The van der Waals surface area contributed by atoms with Crippen LogP contribution in [0, 0.1) is 0 Å². The molecule has 0 bridgehead atoms. The van der Waals surface area contributed by atoms with Crippen molar-refractivity contribution < 1.29 is 49.2 Å². The van der Waals surface area contributed by atoms with Crippen molar-refractivity contribution in [2.24, 2.45) is 0 Å². The third-order valence-corrected chi connectivity index (χ3v) is 4.02. The summed E-state index contributed by atoms with van der Waals surface area (Å²) in [7, 11) is 0. The number of hydrogen-bond donors (Lipinski definition) is 3. The van der Waals surface area contributed by atoms with E-state index in [1.54, 1.807) is 0 Å². The molecule has 0 aliphatic rings. The first-order valence-corrected chi connectivity index (χ1v) is 8.84. The number of rotatable bonds is 15. The van der Waals surface area contributed by atoms with Crippen LogP contribution in [-0.4, -0.2) is 33.2 Å². The molecule has 25 heavy (non-hydrogen) atoms. The van der Waals surface area contributed by atoms with Gasteiger partial charge in [-0.05, 0) is 12.8 Å². The van der Waals surface area contributed by atoms with E-state index in [0.717, 1.165) is 25.7 Å². The smallest absolute Gasteiger partial charge is 0.478 e. The molecule has 0 aromatic heterocycles. The van der Waals surface area contributed by atoms with Crippen LogP contribution >= 0.6 is 0 Å². The van der Waals surface area contributed by atoms with E-state index in [0.29, 0.717) is 6.42 Å². The van der Waals surface area contributed by atoms with Crippen molar-refractivity contribution in [3.8, 4) is 0 Å². The minimum atomic E-state index is -1.71. The Labute approximate surface area is 162 Å². The molecular formula is C18H30O6Zn+2. The summed E-state index contributed by atoms with van der Waals surface area (Å²) in [6.45, 7) is 2.20. The number of carboxylic acids is 3. The van der Waals surface area contributed by atoms with Crippen molar-refractivity contribution in [3.05, 3.63) is 11.1 Å². The molecule has 0 spiro atoms. The number of carboxylic acid groups (broad SMARTS) is 3. The molecule has 0 radical (unpaired) electrons. The van der Waals surface area contributed by atoms with Crippen molar-refractivity contribution in [2.75, 3.05) is 0 Å². The first-order chi connectivity index (χ1) is 11.4. The van der Waals surface area contributed by atoms with Crippen LogP contribution in [0.25, 0.3) is 0 Å². The van der Waals surface area contributed by atoms with Crippen molar-refractivity contribution in [3.63, 3.8) is 0 Å². The van der Waals surface area contributed by atoms with Gasteiger partial charge in [0.2, 0.25) is 0 Å².